The Morgan fingerprint density at radius 2 is 2.18 bits per heavy atom. The van der Waals surface area contributed by atoms with E-state index in [1.165, 1.54) is 26.2 Å². The average Bonchev–Trinajstić information content (AvgIpc) is 2.36. The second-order valence-electron chi connectivity index (χ2n) is 3.53. The molecule has 0 saturated heterocycles. The van der Waals surface area contributed by atoms with Crippen LogP contribution in [0.25, 0.3) is 11.0 Å². The van der Waals surface area contributed by atoms with Crippen molar-refractivity contribution in [2.24, 2.45) is 0 Å². The van der Waals surface area contributed by atoms with Crippen molar-refractivity contribution in [3.05, 3.63) is 39.7 Å². The summed E-state index contributed by atoms with van der Waals surface area (Å²) < 4.78 is 5.97. The van der Waals surface area contributed by atoms with Gasteiger partial charge in [0.05, 0.1) is 23.3 Å². The highest BCUT2D eigenvalue weighted by Gasteiger charge is 2.19. The molecule has 0 saturated carbocycles. The van der Waals surface area contributed by atoms with Gasteiger partial charge in [-0.15, -0.1) is 0 Å². The zero-order valence-corrected chi connectivity index (χ0v) is 9.34. The monoisotopic (exact) mass is 234 g/mol. The summed E-state index contributed by atoms with van der Waals surface area (Å²) in [4.78, 5) is 22.7. The molecule has 0 atom stereocenters. The standard InChI is InChI=1S/C11H10N2O4/c1-7-11(6-14)13(16)10-5-8(17-2)3-4-9(10)12(7)15/h3-6H,1-2H3. The van der Waals surface area contributed by atoms with Crippen molar-refractivity contribution in [3.63, 3.8) is 0 Å². The molecule has 0 amide bonds. The highest BCUT2D eigenvalue weighted by molar-refractivity contribution is 5.78. The third kappa shape index (κ3) is 1.54. The molecule has 2 rings (SSSR count). The number of aldehydes is 1. The molecule has 2 aromatic rings. The minimum atomic E-state index is -0.194. The Morgan fingerprint density at radius 3 is 2.76 bits per heavy atom. The van der Waals surface area contributed by atoms with Gasteiger partial charge in [0.1, 0.15) is 11.3 Å². The lowest BCUT2D eigenvalue weighted by atomic mass is 10.2. The lowest BCUT2D eigenvalue weighted by molar-refractivity contribution is -0.467. The maximum Gasteiger partial charge on any atom is 0.321 e. The Hall–Kier alpha value is -2.37. The number of ether oxygens (including phenoxy) is 1. The normalized spacial score (nSPS) is 10.5. The van der Waals surface area contributed by atoms with E-state index in [4.69, 9.17) is 4.74 Å². The van der Waals surface area contributed by atoms with Gasteiger partial charge in [-0.1, -0.05) is 0 Å². The van der Waals surface area contributed by atoms with Crippen molar-refractivity contribution >= 4 is 17.3 Å². The van der Waals surface area contributed by atoms with E-state index in [1.807, 2.05) is 0 Å². The predicted molar refractivity (Wildman–Crippen MR) is 60.7 cm³/mol. The van der Waals surface area contributed by atoms with Crippen molar-refractivity contribution in [1.82, 2.24) is 4.73 Å². The van der Waals surface area contributed by atoms with E-state index in [2.05, 4.69) is 0 Å². The Morgan fingerprint density at radius 1 is 1.47 bits per heavy atom. The first kappa shape index (κ1) is 11.1. The number of fused-ring (bicyclic) bond motifs is 1. The summed E-state index contributed by atoms with van der Waals surface area (Å²) in [6.07, 6.45) is 0.371. The molecule has 1 aromatic carbocycles. The molecule has 0 spiro atoms. The fourth-order valence-electron chi connectivity index (χ4n) is 1.66. The molecule has 0 aliphatic heterocycles. The van der Waals surface area contributed by atoms with Crippen LogP contribution in [-0.2, 0) is 0 Å². The fourth-order valence-corrected chi connectivity index (χ4v) is 1.66. The molecule has 0 N–H and O–H groups in total. The van der Waals surface area contributed by atoms with Gasteiger partial charge in [-0.25, -0.2) is 0 Å². The number of carbonyl (C=O) groups is 1. The first-order chi connectivity index (χ1) is 8.10. The van der Waals surface area contributed by atoms with E-state index in [9.17, 15) is 14.9 Å². The quantitative estimate of drug-likeness (QED) is 0.574. The zero-order chi connectivity index (χ0) is 12.6. The van der Waals surface area contributed by atoms with Gasteiger partial charge in [-0.2, -0.15) is 0 Å². The van der Waals surface area contributed by atoms with Gasteiger partial charge in [-0.05, 0) is 19.1 Å². The SMILES string of the molecule is COc1ccc2c(c1)[n+](=O)c(C=O)c(C)n2[O-]. The molecular formula is C11H10N2O4. The minimum absolute atomic E-state index is 0.0765. The van der Waals surface area contributed by atoms with Crippen LogP contribution in [0, 0.1) is 17.0 Å². The molecule has 88 valence electrons. The van der Waals surface area contributed by atoms with Gasteiger partial charge in [-0.3, -0.25) is 4.79 Å². The number of nitrogens with zero attached hydrogens (tertiary/aromatic N) is 2. The summed E-state index contributed by atoms with van der Waals surface area (Å²) in [5.41, 5.74) is 0.185. The summed E-state index contributed by atoms with van der Waals surface area (Å²) in [6, 6.07) is 4.48. The molecule has 0 bridgehead atoms. The largest absolute Gasteiger partial charge is 0.805 e. The molecule has 1 heterocycles. The first-order valence-corrected chi connectivity index (χ1v) is 4.88. The van der Waals surface area contributed by atoms with Crippen molar-refractivity contribution in [3.8, 4) is 5.75 Å². The minimum Gasteiger partial charge on any atom is -0.805 e. The molecule has 6 nitrogen and oxygen atoms in total. The molecule has 17 heavy (non-hydrogen) atoms. The van der Waals surface area contributed by atoms with Crippen molar-refractivity contribution in [2.75, 3.05) is 7.11 Å². The van der Waals surface area contributed by atoms with Gasteiger partial charge in [0.25, 0.3) is 5.52 Å². The van der Waals surface area contributed by atoms with Crippen LogP contribution in [0.15, 0.2) is 18.2 Å². The van der Waals surface area contributed by atoms with E-state index in [-0.39, 0.29) is 22.4 Å². The number of carbonyl (C=O) groups excluding carboxylic acids is 1. The summed E-state index contributed by atoms with van der Waals surface area (Å²) in [6.45, 7) is 1.43. The predicted octanol–water partition coefficient (Wildman–Crippen LogP) is 1.03. The van der Waals surface area contributed by atoms with Crippen LogP contribution < -0.4 is 9.16 Å². The lowest BCUT2D eigenvalue weighted by Gasteiger charge is -2.15. The van der Waals surface area contributed by atoms with Crippen LogP contribution in [0.3, 0.4) is 0 Å². The van der Waals surface area contributed by atoms with Crippen molar-refractivity contribution < 1.29 is 14.0 Å². The van der Waals surface area contributed by atoms with Gasteiger partial charge >= 0.3 is 5.69 Å². The summed E-state index contributed by atoms with van der Waals surface area (Å²) >= 11 is 0. The highest BCUT2D eigenvalue weighted by Crippen LogP contribution is 2.19. The van der Waals surface area contributed by atoms with Crippen molar-refractivity contribution in [2.45, 2.75) is 6.92 Å². The number of aromatic nitrogens is 2. The molecule has 0 aliphatic rings. The van der Waals surface area contributed by atoms with Crippen LogP contribution >= 0.6 is 0 Å². The van der Waals surface area contributed by atoms with E-state index < -0.39 is 0 Å². The van der Waals surface area contributed by atoms with Crippen LogP contribution in [0.1, 0.15) is 16.2 Å². The molecule has 1 aromatic heterocycles. The number of hydrogen-bond donors (Lipinski definition) is 0. The second-order valence-corrected chi connectivity index (χ2v) is 3.53. The lowest BCUT2D eigenvalue weighted by Crippen LogP contribution is -2.26. The first-order valence-electron chi connectivity index (χ1n) is 4.88. The van der Waals surface area contributed by atoms with Gasteiger partial charge in [0.15, 0.2) is 0 Å². The number of benzene rings is 1. The molecular weight excluding hydrogens is 224 g/mol. The van der Waals surface area contributed by atoms with Gasteiger partial charge in [0.2, 0.25) is 6.29 Å². The van der Waals surface area contributed by atoms with E-state index >= 15 is 0 Å². The Kier molecular flexibility index (Phi) is 2.55. The smallest absolute Gasteiger partial charge is 0.321 e. The number of hydrogen-bond acceptors (Lipinski definition) is 4. The maximum absolute atomic E-state index is 11.9. The highest BCUT2D eigenvalue weighted by atomic mass is 16.5. The molecule has 6 heteroatoms. The molecule has 0 aliphatic carbocycles. The van der Waals surface area contributed by atoms with Crippen LogP contribution in [0.5, 0.6) is 5.75 Å². The summed E-state index contributed by atoms with van der Waals surface area (Å²) in [5.74, 6) is 0.447. The molecule has 0 radical (unpaired) electrons. The van der Waals surface area contributed by atoms with Gasteiger partial charge < -0.3 is 14.7 Å². The third-order valence-electron chi connectivity index (χ3n) is 2.63. The van der Waals surface area contributed by atoms with E-state index in [1.54, 1.807) is 6.07 Å². The molecule has 0 unspecified atom stereocenters. The Balaban J connectivity index is 2.99. The maximum atomic E-state index is 11.9. The van der Waals surface area contributed by atoms with Crippen molar-refractivity contribution in [1.29, 1.82) is 0 Å². The van der Waals surface area contributed by atoms with E-state index in [0.717, 1.165) is 0 Å². The third-order valence-corrected chi connectivity index (χ3v) is 2.63. The second kappa shape index (κ2) is 3.89. The molecule has 0 fully saturated rings. The number of rotatable bonds is 2. The average molecular weight is 234 g/mol. The van der Waals surface area contributed by atoms with Crippen LogP contribution in [0.4, 0.5) is 0 Å². The van der Waals surface area contributed by atoms with E-state index in [0.29, 0.717) is 21.2 Å². The zero-order valence-electron chi connectivity index (χ0n) is 9.34. The summed E-state index contributed by atoms with van der Waals surface area (Å²) in [5, 5.41) is 11.8. The number of methoxy groups -OCH3 is 1. The van der Waals surface area contributed by atoms with Gasteiger partial charge in [0, 0.05) is 4.91 Å². The summed E-state index contributed by atoms with van der Waals surface area (Å²) in [7, 11) is 1.45. The Bertz CT molecular complexity index is 661. The Labute approximate surface area is 96.2 Å². The van der Waals surface area contributed by atoms with Crippen LogP contribution in [0.2, 0.25) is 0 Å². The fraction of sp³-hybridized carbons (Fsp3) is 0.182. The topological polar surface area (TPSA) is 77.3 Å². The van der Waals surface area contributed by atoms with Crippen LogP contribution in [-0.4, -0.2) is 18.1 Å².